The molecule has 2 N–H and O–H groups in total. The van der Waals surface area contributed by atoms with Gasteiger partial charge in [-0.2, -0.15) is 0 Å². The van der Waals surface area contributed by atoms with Crippen molar-refractivity contribution in [3.63, 3.8) is 0 Å². The van der Waals surface area contributed by atoms with Gasteiger partial charge in [-0.25, -0.2) is 17.9 Å². The highest BCUT2D eigenvalue weighted by Gasteiger charge is 2.27. The average molecular weight is 404 g/mol. The predicted octanol–water partition coefficient (Wildman–Crippen LogP) is 2.49. The molecular weight excluding hydrogens is 387 g/mol. The second kappa shape index (κ2) is 8.00. The Labute approximate surface area is 151 Å². The number of benzene rings is 1. The molecule has 1 aromatic carbocycles. The van der Waals surface area contributed by atoms with Gasteiger partial charge in [0.1, 0.15) is 4.90 Å². The quantitative estimate of drug-likeness (QED) is 0.806. The minimum Gasteiger partial charge on any atom is -0.478 e. The number of carbonyl (C=O) groups is 1. The van der Waals surface area contributed by atoms with E-state index in [9.17, 15) is 13.2 Å². The summed E-state index contributed by atoms with van der Waals surface area (Å²) in [5, 5.41) is 8.85. The number of hydrogen-bond donors (Lipinski definition) is 2. The van der Waals surface area contributed by atoms with Gasteiger partial charge in [-0.05, 0) is 45.1 Å². The zero-order chi connectivity index (χ0) is 16.5. The SMILES string of the molecule is CN1CCC(NS(=O)(=O)c2cc(C(=O)O)c(Cl)cc2Cl)CC1.Cl. The second-order valence-electron chi connectivity index (χ2n) is 5.27. The lowest BCUT2D eigenvalue weighted by molar-refractivity contribution is 0.0697. The van der Waals surface area contributed by atoms with Gasteiger partial charge in [0.25, 0.3) is 0 Å². The highest BCUT2D eigenvalue weighted by molar-refractivity contribution is 7.89. The molecular formula is C13H17Cl3N2O4S. The van der Waals surface area contributed by atoms with Crippen LogP contribution >= 0.6 is 35.6 Å². The number of rotatable bonds is 4. The van der Waals surface area contributed by atoms with Gasteiger partial charge >= 0.3 is 5.97 Å². The van der Waals surface area contributed by atoms with Crippen molar-refractivity contribution in [2.45, 2.75) is 23.8 Å². The lowest BCUT2D eigenvalue weighted by Gasteiger charge is -2.29. The number of nitrogens with one attached hydrogen (secondary N) is 1. The Morgan fingerprint density at radius 1 is 1.26 bits per heavy atom. The van der Waals surface area contributed by atoms with Crippen LogP contribution in [0.1, 0.15) is 23.2 Å². The van der Waals surface area contributed by atoms with Crippen LogP contribution in [0.3, 0.4) is 0 Å². The zero-order valence-electron chi connectivity index (χ0n) is 12.3. The predicted molar refractivity (Wildman–Crippen MR) is 91.5 cm³/mol. The Bertz CT molecular complexity index is 689. The molecule has 0 aromatic heterocycles. The summed E-state index contributed by atoms with van der Waals surface area (Å²) in [5.41, 5.74) is -0.296. The highest BCUT2D eigenvalue weighted by Crippen LogP contribution is 2.29. The van der Waals surface area contributed by atoms with E-state index in [1.54, 1.807) is 0 Å². The Morgan fingerprint density at radius 2 is 1.83 bits per heavy atom. The van der Waals surface area contributed by atoms with Crippen LogP contribution in [0.15, 0.2) is 17.0 Å². The van der Waals surface area contributed by atoms with Crippen LogP contribution in [0.25, 0.3) is 0 Å². The molecule has 0 saturated carbocycles. The minimum absolute atomic E-state index is 0. The molecule has 0 bridgehead atoms. The Kier molecular flexibility index (Phi) is 7.12. The first kappa shape index (κ1) is 20.5. The number of aromatic carboxylic acids is 1. The fraction of sp³-hybridized carbons (Fsp3) is 0.462. The van der Waals surface area contributed by atoms with Gasteiger partial charge in [0.15, 0.2) is 0 Å². The summed E-state index contributed by atoms with van der Waals surface area (Å²) >= 11 is 11.7. The van der Waals surface area contributed by atoms with Crippen LogP contribution < -0.4 is 4.72 Å². The monoisotopic (exact) mass is 402 g/mol. The number of hydrogen-bond acceptors (Lipinski definition) is 4. The third kappa shape index (κ3) is 4.95. The molecule has 6 nitrogen and oxygen atoms in total. The van der Waals surface area contributed by atoms with Crippen LogP contribution in [-0.2, 0) is 10.0 Å². The molecule has 0 radical (unpaired) electrons. The van der Waals surface area contributed by atoms with Crippen molar-refractivity contribution in [3.05, 3.63) is 27.7 Å². The van der Waals surface area contributed by atoms with Crippen molar-refractivity contribution in [2.75, 3.05) is 20.1 Å². The Hall–Kier alpha value is -0.570. The first-order chi connectivity index (χ1) is 10.2. The van der Waals surface area contributed by atoms with E-state index < -0.39 is 16.0 Å². The van der Waals surface area contributed by atoms with Crippen LogP contribution in [0.2, 0.25) is 10.0 Å². The van der Waals surface area contributed by atoms with E-state index in [4.69, 9.17) is 28.3 Å². The summed E-state index contributed by atoms with van der Waals surface area (Å²) in [7, 11) is -1.93. The first-order valence-corrected chi connectivity index (χ1v) is 8.88. The number of sulfonamides is 1. The van der Waals surface area contributed by atoms with E-state index in [2.05, 4.69) is 9.62 Å². The largest absolute Gasteiger partial charge is 0.478 e. The van der Waals surface area contributed by atoms with Crippen molar-refractivity contribution in [1.82, 2.24) is 9.62 Å². The van der Waals surface area contributed by atoms with Crippen LogP contribution in [0.4, 0.5) is 0 Å². The maximum Gasteiger partial charge on any atom is 0.337 e. The van der Waals surface area contributed by atoms with Gasteiger partial charge < -0.3 is 10.0 Å². The van der Waals surface area contributed by atoms with Gasteiger partial charge in [-0.3, -0.25) is 0 Å². The first-order valence-electron chi connectivity index (χ1n) is 6.64. The number of nitrogens with zero attached hydrogens (tertiary/aromatic N) is 1. The maximum absolute atomic E-state index is 12.4. The van der Waals surface area contributed by atoms with Crippen LogP contribution in [0.5, 0.6) is 0 Å². The van der Waals surface area contributed by atoms with Gasteiger partial charge in [0, 0.05) is 6.04 Å². The van der Waals surface area contributed by atoms with Crippen molar-refractivity contribution >= 4 is 51.6 Å². The second-order valence-corrected chi connectivity index (χ2v) is 7.76. The molecule has 1 aliphatic rings. The summed E-state index contributed by atoms with van der Waals surface area (Å²) in [5.74, 6) is -1.31. The van der Waals surface area contributed by atoms with E-state index in [1.165, 1.54) is 0 Å². The number of halogens is 3. The molecule has 130 valence electrons. The van der Waals surface area contributed by atoms with E-state index >= 15 is 0 Å². The van der Waals surface area contributed by atoms with Crippen molar-refractivity contribution < 1.29 is 18.3 Å². The molecule has 0 spiro atoms. The number of likely N-dealkylation sites (tertiary alicyclic amines) is 1. The third-order valence-corrected chi connectivity index (χ3v) is 5.88. The molecule has 1 aromatic rings. The normalized spacial score (nSPS) is 16.8. The fourth-order valence-corrected chi connectivity index (χ4v) is 4.47. The Morgan fingerprint density at radius 3 is 2.35 bits per heavy atom. The summed E-state index contributed by atoms with van der Waals surface area (Å²) in [6.07, 6.45) is 1.37. The van der Waals surface area contributed by atoms with Crippen molar-refractivity contribution in [3.8, 4) is 0 Å². The Balaban J connectivity index is 0.00000264. The van der Waals surface area contributed by atoms with Crippen LogP contribution in [0, 0.1) is 0 Å². The van der Waals surface area contributed by atoms with E-state index in [1.807, 2.05) is 7.05 Å². The summed E-state index contributed by atoms with van der Waals surface area (Å²) in [6, 6.07) is 1.93. The molecule has 0 aliphatic carbocycles. The standard InChI is InChI=1S/C13H16Cl2N2O4S.ClH/c1-17-4-2-8(3-5-17)16-22(20,21)12-6-9(13(18)19)10(14)7-11(12)15;/h6-8,16H,2-5H2,1H3,(H,18,19);1H. The third-order valence-electron chi connectivity index (χ3n) is 3.58. The molecule has 1 aliphatic heterocycles. The molecule has 0 unspecified atom stereocenters. The molecule has 1 fully saturated rings. The smallest absolute Gasteiger partial charge is 0.337 e. The van der Waals surface area contributed by atoms with Gasteiger partial charge in [0.2, 0.25) is 10.0 Å². The van der Waals surface area contributed by atoms with E-state index in [-0.39, 0.29) is 39.0 Å². The fourth-order valence-electron chi connectivity index (χ4n) is 2.31. The molecule has 2 rings (SSSR count). The molecule has 0 atom stereocenters. The average Bonchev–Trinajstić information content (AvgIpc) is 2.40. The molecule has 23 heavy (non-hydrogen) atoms. The van der Waals surface area contributed by atoms with Gasteiger partial charge in [-0.1, -0.05) is 23.2 Å². The maximum atomic E-state index is 12.4. The number of carboxylic acids is 1. The van der Waals surface area contributed by atoms with Crippen molar-refractivity contribution in [1.29, 1.82) is 0 Å². The molecule has 10 heteroatoms. The van der Waals surface area contributed by atoms with Crippen LogP contribution in [-0.4, -0.2) is 50.6 Å². The van der Waals surface area contributed by atoms with E-state index in [0.29, 0.717) is 12.8 Å². The van der Waals surface area contributed by atoms with Gasteiger partial charge in [0.05, 0.1) is 15.6 Å². The number of piperidine rings is 1. The summed E-state index contributed by atoms with van der Waals surface area (Å²) in [4.78, 5) is 12.9. The molecule has 1 saturated heterocycles. The van der Waals surface area contributed by atoms with E-state index in [0.717, 1.165) is 25.2 Å². The zero-order valence-corrected chi connectivity index (χ0v) is 15.4. The van der Waals surface area contributed by atoms with Gasteiger partial charge in [-0.15, -0.1) is 12.4 Å². The minimum atomic E-state index is -3.90. The molecule has 1 heterocycles. The number of carboxylic acid groups (broad SMARTS) is 1. The summed E-state index contributed by atoms with van der Waals surface area (Å²) < 4.78 is 27.5. The topological polar surface area (TPSA) is 86.7 Å². The summed E-state index contributed by atoms with van der Waals surface area (Å²) in [6.45, 7) is 1.59. The lowest BCUT2D eigenvalue weighted by Crippen LogP contribution is -2.43. The lowest BCUT2D eigenvalue weighted by atomic mass is 10.1. The highest BCUT2D eigenvalue weighted by atomic mass is 35.5. The van der Waals surface area contributed by atoms with Crippen molar-refractivity contribution in [2.24, 2.45) is 0 Å². The molecule has 0 amide bonds.